The van der Waals surface area contributed by atoms with Crippen LogP contribution in [0.25, 0.3) is 11.3 Å². The third kappa shape index (κ3) is 4.72. The SMILES string of the molecule is O=C(NCc1cc(-c2ccccc2F)no1)c1ccc(C#CC2CCCC2)c(Cl)c1. The van der Waals surface area contributed by atoms with E-state index < -0.39 is 0 Å². The van der Waals surface area contributed by atoms with E-state index in [2.05, 4.69) is 22.3 Å². The smallest absolute Gasteiger partial charge is 0.251 e. The lowest BCUT2D eigenvalue weighted by Gasteiger charge is -2.05. The number of rotatable bonds is 4. The van der Waals surface area contributed by atoms with E-state index in [0.29, 0.717) is 33.5 Å². The predicted octanol–water partition coefficient (Wildman–Crippen LogP) is 5.61. The Hall–Kier alpha value is -3.10. The minimum atomic E-state index is -0.382. The zero-order valence-electron chi connectivity index (χ0n) is 16.3. The van der Waals surface area contributed by atoms with Crippen LogP contribution in [0.15, 0.2) is 53.1 Å². The number of hydrogen-bond acceptors (Lipinski definition) is 3. The maximum absolute atomic E-state index is 13.9. The van der Waals surface area contributed by atoms with Gasteiger partial charge in [0, 0.05) is 28.7 Å². The minimum absolute atomic E-state index is 0.126. The molecule has 6 heteroatoms. The number of nitrogens with one attached hydrogen (secondary N) is 1. The Balaban J connectivity index is 1.38. The first kappa shape index (κ1) is 20.2. The van der Waals surface area contributed by atoms with Crippen molar-refractivity contribution in [1.82, 2.24) is 10.5 Å². The molecule has 1 aliphatic carbocycles. The summed E-state index contributed by atoms with van der Waals surface area (Å²) in [7, 11) is 0. The van der Waals surface area contributed by atoms with Crippen molar-refractivity contribution in [3.8, 4) is 23.1 Å². The Bertz CT molecular complexity index is 1120. The monoisotopic (exact) mass is 422 g/mol. The van der Waals surface area contributed by atoms with Gasteiger partial charge in [0.1, 0.15) is 11.5 Å². The van der Waals surface area contributed by atoms with E-state index in [0.717, 1.165) is 18.4 Å². The van der Waals surface area contributed by atoms with Gasteiger partial charge in [0.2, 0.25) is 0 Å². The second kappa shape index (κ2) is 9.15. The molecule has 1 saturated carbocycles. The molecule has 4 rings (SSSR count). The maximum atomic E-state index is 13.9. The highest BCUT2D eigenvalue weighted by Crippen LogP contribution is 2.25. The fourth-order valence-corrected chi connectivity index (χ4v) is 3.70. The molecule has 0 bridgehead atoms. The van der Waals surface area contributed by atoms with Crippen molar-refractivity contribution in [2.75, 3.05) is 0 Å². The largest absolute Gasteiger partial charge is 0.359 e. The van der Waals surface area contributed by atoms with Gasteiger partial charge in [-0.05, 0) is 43.2 Å². The quantitative estimate of drug-likeness (QED) is 0.556. The summed E-state index contributed by atoms with van der Waals surface area (Å²) in [6, 6.07) is 13.0. The normalized spacial score (nSPS) is 13.7. The number of hydrogen-bond donors (Lipinski definition) is 1. The van der Waals surface area contributed by atoms with Crippen LogP contribution in [0.2, 0.25) is 5.02 Å². The molecule has 0 atom stereocenters. The van der Waals surface area contributed by atoms with Crippen LogP contribution in [0.4, 0.5) is 4.39 Å². The Morgan fingerprint density at radius 2 is 2.00 bits per heavy atom. The summed E-state index contributed by atoms with van der Waals surface area (Å²) >= 11 is 6.32. The van der Waals surface area contributed by atoms with Crippen LogP contribution in [-0.4, -0.2) is 11.1 Å². The average Bonchev–Trinajstić information content (AvgIpc) is 3.43. The Kier molecular flexibility index (Phi) is 6.15. The van der Waals surface area contributed by atoms with E-state index in [4.69, 9.17) is 16.1 Å². The molecule has 0 radical (unpaired) electrons. The lowest BCUT2D eigenvalue weighted by molar-refractivity contribution is 0.0947. The zero-order chi connectivity index (χ0) is 20.9. The van der Waals surface area contributed by atoms with Crippen molar-refractivity contribution in [2.45, 2.75) is 32.2 Å². The van der Waals surface area contributed by atoms with Crippen LogP contribution in [0.3, 0.4) is 0 Å². The summed E-state index contributed by atoms with van der Waals surface area (Å²) in [5.74, 6) is 6.60. The van der Waals surface area contributed by atoms with E-state index in [1.54, 1.807) is 42.5 Å². The molecule has 4 nitrogen and oxygen atoms in total. The number of aromatic nitrogens is 1. The predicted molar refractivity (Wildman–Crippen MR) is 113 cm³/mol. The van der Waals surface area contributed by atoms with Gasteiger partial charge < -0.3 is 9.84 Å². The van der Waals surface area contributed by atoms with E-state index in [1.165, 1.54) is 18.9 Å². The molecule has 0 aliphatic heterocycles. The van der Waals surface area contributed by atoms with Crippen molar-refractivity contribution in [1.29, 1.82) is 0 Å². The number of amides is 1. The van der Waals surface area contributed by atoms with Crippen LogP contribution < -0.4 is 5.32 Å². The third-order valence-corrected chi connectivity index (χ3v) is 5.44. The summed E-state index contributed by atoms with van der Waals surface area (Å²) in [5.41, 5.74) is 1.88. The zero-order valence-corrected chi connectivity index (χ0v) is 17.0. The molecule has 1 N–H and O–H groups in total. The lowest BCUT2D eigenvalue weighted by Crippen LogP contribution is -2.22. The van der Waals surface area contributed by atoms with E-state index >= 15 is 0 Å². The fraction of sp³-hybridized carbons (Fsp3) is 0.250. The van der Waals surface area contributed by atoms with E-state index in [1.807, 2.05) is 0 Å². The summed E-state index contributed by atoms with van der Waals surface area (Å²) in [6.45, 7) is 0.126. The lowest BCUT2D eigenvalue weighted by atomic mass is 10.1. The van der Waals surface area contributed by atoms with Gasteiger partial charge >= 0.3 is 0 Å². The van der Waals surface area contributed by atoms with Crippen LogP contribution in [0, 0.1) is 23.6 Å². The third-order valence-electron chi connectivity index (χ3n) is 5.13. The first-order chi connectivity index (χ1) is 14.6. The van der Waals surface area contributed by atoms with Gasteiger partial charge in [-0.15, -0.1) is 0 Å². The summed E-state index contributed by atoms with van der Waals surface area (Å²) in [5, 5.41) is 7.08. The molecule has 3 aromatic rings. The molecule has 1 amide bonds. The van der Waals surface area contributed by atoms with Gasteiger partial charge in [-0.1, -0.05) is 53.6 Å². The summed E-state index contributed by atoms with van der Waals surface area (Å²) < 4.78 is 19.1. The van der Waals surface area contributed by atoms with Gasteiger partial charge in [0.15, 0.2) is 5.76 Å². The van der Waals surface area contributed by atoms with Crippen LogP contribution in [0.1, 0.15) is 47.4 Å². The number of carbonyl (C=O) groups excluding carboxylic acids is 1. The van der Waals surface area contributed by atoms with Crippen LogP contribution in [0.5, 0.6) is 0 Å². The van der Waals surface area contributed by atoms with E-state index in [9.17, 15) is 9.18 Å². The van der Waals surface area contributed by atoms with Gasteiger partial charge in [0.05, 0.1) is 11.6 Å². The topological polar surface area (TPSA) is 55.1 Å². The molecule has 0 spiro atoms. The highest BCUT2D eigenvalue weighted by Gasteiger charge is 2.14. The van der Waals surface area contributed by atoms with Crippen molar-refractivity contribution in [2.24, 2.45) is 5.92 Å². The van der Waals surface area contributed by atoms with Crippen molar-refractivity contribution in [3.05, 3.63) is 76.3 Å². The molecular weight excluding hydrogens is 403 g/mol. The Morgan fingerprint density at radius 3 is 2.77 bits per heavy atom. The minimum Gasteiger partial charge on any atom is -0.359 e. The van der Waals surface area contributed by atoms with E-state index in [-0.39, 0.29) is 18.3 Å². The van der Waals surface area contributed by atoms with Crippen LogP contribution >= 0.6 is 11.6 Å². The molecule has 0 unspecified atom stereocenters. The van der Waals surface area contributed by atoms with Crippen LogP contribution in [-0.2, 0) is 6.54 Å². The molecule has 2 aromatic carbocycles. The van der Waals surface area contributed by atoms with Crippen molar-refractivity contribution < 1.29 is 13.7 Å². The number of benzene rings is 2. The number of nitrogens with zero attached hydrogens (tertiary/aromatic N) is 1. The molecule has 152 valence electrons. The second-order valence-electron chi connectivity index (χ2n) is 7.29. The first-order valence-electron chi connectivity index (χ1n) is 9.90. The summed E-state index contributed by atoms with van der Waals surface area (Å²) in [4.78, 5) is 12.5. The number of carbonyl (C=O) groups is 1. The van der Waals surface area contributed by atoms with Crippen molar-refractivity contribution >= 4 is 17.5 Å². The Morgan fingerprint density at radius 1 is 1.20 bits per heavy atom. The number of halogens is 2. The molecule has 1 aliphatic rings. The molecular formula is C24H20ClFN2O2. The van der Waals surface area contributed by atoms with Gasteiger partial charge in [-0.25, -0.2) is 4.39 Å². The van der Waals surface area contributed by atoms with Gasteiger partial charge in [-0.3, -0.25) is 4.79 Å². The molecule has 1 aromatic heterocycles. The maximum Gasteiger partial charge on any atom is 0.251 e. The highest BCUT2D eigenvalue weighted by molar-refractivity contribution is 6.32. The van der Waals surface area contributed by atoms with Crippen molar-refractivity contribution in [3.63, 3.8) is 0 Å². The Labute approximate surface area is 179 Å². The van der Waals surface area contributed by atoms with Gasteiger partial charge in [0.25, 0.3) is 5.91 Å². The molecule has 1 fully saturated rings. The standard InChI is InChI=1S/C24H20ClFN2O2/c25-21-13-18(12-11-17(21)10-9-16-5-1-2-6-16)24(29)27-15-19-14-23(28-30-19)20-7-3-4-8-22(20)26/h3-4,7-8,11-14,16H,1-2,5-6,15H2,(H,27,29). The van der Waals surface area contributed by atoms with Gasteiger partial charge in [-0.2, -0.15) is 0 Å². The first-order valence-corrected chi connectivity index (χ1v) is 10.3. The summed E-state index contributed by atoms with van der Waals surface area (Å²) in [6.07, 6.45) is 4.76. The fourth-order valence-electron chi connectivity index (χ4n) is 3.47. The highest BCUT2D eigenvalue weighted by atomic mass is 35.5. The molecule has 1 heterocycles. The average molecular weight is 423 g/mol. The molecule has 0 saturated heterocycles. The second-order valence-corrected chi connectivity index (χ2v) is 7.69. The molecule has 30 heavy (non-hydrogen) atoms.